The molecule has 0 N–H and O–H groups in total. The molecule has 0 unspecified atom stereocenters. The molecule has 3 nitrogen and oxygen atoms in total. The SMILES string of the molecule is CCCCCCCCCCOc1ccc(-c2nnc(CCCCCCCCC)s2)cc1. The number of nitrogens with zero attached hydrogens (tertiary/aromatic N) is 2. The zero-order valence-corrected chi connectivity index (χ0v) is 20.9. The molecule has 0 amide bonds. The predicted octanol–water partition coefficient (Wildman–Crippen LogP) is 9.02. The minimum absolute atomic E-state index is 0.815. The van der Waals surface area contributed by atoms with Crippen LogP contribution >= 0.6 is 11.3 Å². The Morgan fingerprint density at radius 2 is 1.19 bits per heavy atom. The number of hydrogen-bond donors (Lipinski definition) is 0. The first-order valence-electron chi connectivity index (χ1n) is 12.9. The highest BCUT2D eigenvalue weighted by atomic mass is 32.1. The van der Waals surface area contributed by atoms with Crippen LogP contribution in [0.5, 0.6) is 5.75 Å². The van der Waals surface area contributed by atoms with E-state index in [-0.39, 0.29) is 0 Å². The second-order valence-electron chi connectivity index (χ2n) is 8.72. The van der Waals surface area contributed by atoms with Gasteiger partial charge in [-0.15, -0.1) is 10.2 Å². The van der Waals surface area contributed by atoms with Crippen molar-refractivity contribution < 1.29 is 4.74 Å². The topological polar surface area (TPSA) is 35.0 Å². The second kappa shape index (κ2) is 17.2. The van der Waals surface area contributed by atoms with E-state index in [0.717, 1.165) is 35.8 Å². The molecule has 2 aromatic rings. The lowest BCUT2D eigenvalue weighted by atomic mass is 10.1. The lowest BCUT2D eigenvalue weighted by Gasteiger charge is -2.06. The molecule has 0 atom stereocenters. The molecule has 0 saturated heterocycles. The molecule has 0 spiro atoms. The van der Waals surface area contributed by atoms with E-state index in [1.807, 2.05) is 0 Å². The van der Waals surface area contributed by atoms with Crippen molar-refractivity contribution in [2.24, 2.45) is 0 Å². The van der Waals surface area contributed by atoms with E-state index in [9.17, 15) is 0 Å². The van der Waals surface area contributed by atoms with Gasteiger partial charge in [-0.25, -0.2) is 0 Å². The molecule has 2 rings (SSSR count). The Hall–Kier alpha value is -1.42. The van der Waals surface area contributed by atoms with Gasteiger partial charge in [0.25, 0.3) is 0 Å². The summed E-state index contributed by atoms with van der Waals surface area (Å²) >= 11 is 1.73. The van der Waals surface area contributed by atoms with Gasteiger partial charge in [0.2, 0.25) is 0 Å². The van der Waals surface area contributed by atoms with Crippen molar-refractivity contribution >= 4 is 11.3 Å². The number of rotatable bonds is 19. The number of unbranched alkanes of at least 4 members (excludes halogenated alkanes) is 13. The second-order valence-corrected chi connectivity index (χ2v) is 9.78. The summed E-state index contributed by atoms with van der Waals surface area (Å²) in [5.41, 5.74) is 1.14. The van der Waals surface area contributed by atoms with Crippen LogP contribution in [0.3, 0.4) is 0 Å². The van der Waals surface area contributed by atoms with Gasteiger partial charge >= 0.3 is 0 Å². The standard InChI is InChI=1S/C27H44N2OS/c1-3-5-7-9-11-13-15-17-23-30-25-21-19-24(20-22-25)27-29-28-26(31-27)18-16-14-12-10-8-6-4-2/h19-22H,3-18,23H2,1-2H3. The van der Waals surface area contributed by atoms with Gasteiger partial charge in [-0.05, 0) is 37.1 Å². The average Bonchev–Trinajstić information content (AvgIpc) is 3.27. The molecule has 31 heavy (non-hydrogen) atoms. The fraction of sp³-hybridized carbons (Fsp3) is 0.704. The van der Waals surface area contributed by atoms with Crippen molar-refractivity contribution in [2.45, 2.75) is 117 Å². The highest BCUT2D eigenvalue weighted by Crippen LogP contribution is 2.26. The molecule has 0 saturated carbocycles. The zero-order chi connectivity index (χ0) is 22.0. The van der Waals surface area contributed by atoms with Crippen LogP contribution in [0, 0.1) is 0 Å². The van der Waals surface area contributed by atoms with Gasteiger partial charge in [-0.1, -0.05) is 109 Å². The van der Waals surface area contributed by atoms with E-state index >= 15 is 0 Å². The van der Waals surface area contributed by atoms with E-state index in [2.05, 4.69) is 48.3 Å². The molecule has 0 fully saturated rings. The van der Waals surface area contributed by atoms with Gasteiger partial charge in [0.05, 0.1) is 6.61 Å². The van der Waals surface area contributed by atoms with Gasteiger partial charge in [-0.2, -0.15) is 0 Å². The van der Waals surface area contributed by atoms with Crippen LogP contribution in [0.15, 0.2) is 24.3 Å². The summed E-state index contributed by atoms with van der Waals surface area (Å²) in [5, 5.41) is 11.0. The summed E-state index contributed by atoms with van der Waals surface area (Å²) in [7, 11) is 0. The first-order valence-corrected chi connectivity index (χ1v) is 13.7. The molecule has 1 heterocycles. The zero-order valence-electron chi connectivity index (χ0n) is 20.0. The Morgan fingerprint density at radius 3 is 1.81 bits per heavy atom. The Balaban J connectivity index is 1.59. The van der Waals surface area contributed by atoms with Crippen LogP contribution in [0.25, 0.3) is 10.6 Å². The van der Waals surface area contributed by atoms with Crippen molar-refractivity contribution in [3.05, 3.63) is 29.3 Å². The monoisotopic (exact) mass is 444 g/mol. The van der Waals surface area contributed by atoms with Crippen molar-refractivity contribution in [1.82, 2.24) is 10.2 Å². The Morgan fingerprint density at radius 1 is 0.645 bits per heavy atom. The summed E-state index contributed by atoms with van der Waals surface area (Å²) in [5.74, 6) is 0.958. The van der Waals surface area contributed by atoms with Crippen LogP contribution < -0.4 is 4.74 Å². The molecular formula is C27H44N2OS. The summed E-state index contributed by atoms with van der Waals surface area (Å²) < 4.78 is 5.92. The van der Waals surface area contributed by atoms with Gasteiger partial charge in [0.15, 0.2) is 0 Å². The summed E-state index contributed by atoms with van der Waals surface area (Å²) in [6, 6.07) is 8.36. The van der Waals surface area contributed by atoms with Gasteiger partial charge in [0, 0.05) is 12.0 Å². The smallest absolute Gasteiger partial charge is 0.147 e. The van der Waals surface area contributed by atoms with E-state index < -0.39 is 0 Å². The highest BCUT2D eigenvalue weighted by Gasteiger charge is 2.07. The number of aryl methyl sites for hydroxylation is 1. The maximum absolute atomic E-state index is 5.92. The van der Waals surface area contributed by atoms with E-state index in [1.54, 1.807) is 11.3 Å². The average molecular weight is 445 g/mol. The first kappa shape index (κ1) is 25.8. The fourth-order valence-electron chi connectivity index (χ4n) is 3.82. The van der Waals surface area contributed by atoms with Crippen LogP contribution in [0.4, 0.5) is 0 Å². The molecule has 0 aliphatic carbocycles. The number of aromatic nitrogens is 2. The third-order valence-corrected chi connectivity index (χ3v) is 6.86. The maximum atomic E-state index is 5.92. The molecule has 0 aliphatic heterocycles. The Bertz CT molecular complexity index is 668. The maximum Gasteiger partial charge on any atom is 0.147 e. The van der Waals surface area contributed by atoms with Crippen molar-refractivity contribution in [3.8, 4) is 16.3 Å². The Kier molecular flexibility index (Phi) is 14.3. The number of benzene rings is 1. The third kappa shape index (κ3) is 11.7. The quantitative estimate of drug-likeness (QED) is 0.203. The first-order chi connectivity index (χ1) is 15.3. The third-order valence-electron chi connectivity index (χ3n) is 5.83. The molecule has 1 aromatic carbocycles. The summed E-state index contributed by atoms with van der Waals surface area (Å²) in [6.07, 6.45) is 21.0. The van der Waals surface area contributed by atoms with Gasteiger partial charge < -0.3 is 4.74 Å². The molecule has 0 radical (unpaired) electrons. The predicted molar refractivity (Wildman–Crippen MR) is 135 cm³/mol. The van der Waals surface area contributed by atoms with Crippen molar-refractivity contribution in [2.75, 3.05) is 6.61 Å². The largest absolute Gasteiger partial charge is 0.494 e. The van der Waals surface area contributed by atoms with E-state index in [0.29, 0.717) is 0 Å². The summed E-state index contributed by atoms with van der Waals surface area (Å²) in [6.45, 7) is 5.36. The molecule has 1 aromatic heterocycles. The Labute approximate surface area is 195 Å². The van der Waals surface area contributed by atoms with E-state index in [4.69, 9.17) is 4.74 Å². The van der Waals surface area contributed by atoms with Crippen LogP contribution in [0.2, 0.25) is 0 Å². The normalized spacial score (nSPS) is 11.2. The molecule has 4 heteroatoms. The summed E-state index contributed by atoms with van der Waals surface area (Å²) in [4.78, 5) is 0. The van der Waals surface area contributed by atoms with Crippen LogP contribution in [-0.4, -0.2) is 16.8 Å². The van der Waals surface area contributed by atoms with Crippen molar-refractivity contribution in [3.63, 3.8) is 0 Å². The highest BCUT2D eigenvalue weighted by molar-refractivity contribution is 7.14. The molecule has 0 bridgehead atoms. The molecule has 174 valence electrons. The lowest BCUT2D eigenvalue weighted by Crippen LogP contribution is -1.97. The number of ether oxygens (including phenoxy) is 1. The fourth-order valence-corrected chi connectivity index (χ4v) is 4.71. The number of hydrogen-bond acceptors (Lipinski definition) is 4. The van der Waals surface area contributed by atoms with Gasteiger partial charge in [-0.3, -0.25) is 0 Å². The van der Waals surface area contributed by atoms with E-state index in [1.165, 1.54) is 94.9 Å². The molecule has 0 aliphatic rings. The van der Waals surface area contributed by atoms with Gasteiger partial charge in [0.1, 0.15) is 15.8 Å². The van der Waals surface area contributed by atoms with Crippen LogP contribution in [0.1, 0.15) is 115 Å². The lowest BCUT2D eigenvalue weighted by molar-refractivity contribution is 0.304. The minimum atomic E-state index is 0.815. The van der Waals surface area contributed by atoms with Crippen molar-refractivity contribution in [1.29, 1.82) is 0 Å². The van der Waals surface area contributed by atoms with Crippen LogP contribution in [-0.2, 0) is 6.42 Å². The minimum Gasteiger partial charge on any atom is -0.494 e. The molecular weight excluding hydrogens is 400 g/mol.